The maximum absolute atomic E-state index is 5.98. The summed E-state index contributed by atoms with van der Waals surface area (Å²) < 4.78 is 0. The van der Waals surface area contributed by atoms with Gasteiger partial charge in [0.2, 0.25) is 0 Å². The van der Waals surface area contributed by atoms with Crippen LogP contribution in [0.2, 0.25) is 0 Å². The Bertz CT molecular complexity index is 346. The molecule has 1 aliphatic carbocycles. The first-order valence-corrected chi connectivity index (χ1v) is 8.07. The Morgan fingerprint density at radius 3 is 2.53 bits per heavy atom. The van der Waals surface area contributed by atoms with Crippen molar-refractivity contribution in [3.05, 3.63) is 35.9 Å². The summed E-state index contributed by atoms with van der Waals surface area (Å²) in [4.78, 5) is 0. The van der Waals surface area contributed by atoms with Crippen molar-refractivity contribution in [2.75, 3.05) is 6.54 Å². The highest BCUT2D eigenvalue weighted by molar-refractivity contribution is 5.14. The van der Waals surface area contributed by atoms with Crippen LogP contribution in [-0.2, 0) is 6.42 Å². The van der Waals surface area contributed by atoms with E-state index < -0.39 is 0 Å². The summed E-state index contributed by atoms with van der Waals surface area (Å²) in [6.07, 6.45) is 9.50. The molecule has 0 aromatic heterocycles. The fraction of sp³-hybridized carbons (Fsp3) is 0.667. The fourth-order valence-corrected chi connectivity index (χ4v) is 3.75. The second-order valence-electron chi connectivity index (χ2n) is 6.25. The van der Waals surface area contributed by atoms with Gasteiger partial charge in [0.15, 0.2) is 0 Å². The third-order valence-electron chi connectivity index (χ3n) is 4.89. The molecule has 2 rings (SSSR count). The molecule has 0 saturated heterocycles. The Kier molecular flexibility index (Phi) is 5.91. The molecule has 0 amide bonds. The van der Waals surface area contributed by atoms with Crippen molar-refractivity contribution in [1.29, 1.82) is 0 Å². The number of nitrogens with two attached hydrogens (primary N) is 1. The Labute approximate surface area is 118 Å². The lowest BCUT2D eigenvalue weighted by Gasteiger charge is -2.36. The van der Waals surface area contributed by atoms with Gasteiger partial charge in [0.1, 0.15) is 0 Å². The first-order valence-electron chi connectivity index (χ1n) is 8.07. The molecule has 1 nitrogen and oxygen atoms in total. The molecule has 19 heavy (non-hydrogen) atoms. The van der Waals surface area contributed by atoms with Gasteiger partial charge in [-0.2, -0.15) is 0 Å². The van der Waals surface area contributed by atoms with Crippen LogP contribution in [0.15, 0.2) is 30.3 Å². The smallest absolute Gasteiger partial charge is 0.00462 e. The van der Waals surface area contributed by atoms with E-state index in [1.165, 1.54) is 50.5 Å². The van der Waals surface area contributed by atoms with Gasteiger partial charge in [0.05, 0.1) is 0 Å². The van der Waals surface area contributed by atoms with Gasteiger partial charge in [0.25, 0.3) is 0 Å². The maximum atomic E-state index is 5.98. The third kappa shape index (κ3) is 4.35. The molecule has 1 aliphatic rings. The van der Waals surface area contributed by atoms with E-state index in [1.54, 1.807) is 0 Å². The second kappa shape index (κ2) is 7.69. The predicted octanol–water partition coefficient (Wildman–Crippen LogP) is 4.41. The summed E-state index contributed by atoms with van der Waals surface area (Å²) in [7, 11) is 0. The average Bonchev–Trinajstić information content (AvgIpc) is 2.47. The summed E-state index contributed by atoms with van der Waals surface area (Å²) in [5.41, 5.74) is 7.46. The zero-order chi connectivity index (χ0) is 13.5. The van der Waals surface area contributed by atoms with Gasteiger partial charge in [-0.05, 0) is 55.5 Å². The molecule has 1 aromatic carbocycles. The van der Waals surface area contributed by atoms with Crippen molar-refractivity contribution in [2.45, 2.75) is 51.9 Å². The fourth-order valence-electron chi connectivity index (χ4n) is 3.75. The van der Waals surface area contributed by atoms with E-state index in [9.17, 15) is 0 Å². The Morgan fingerprint density at radius 1 is 1.05 bits per heavy atom. The van der Waals surface area contributed by atoms with Crippen molar-refractivity contribution in [1.82, 2.24) is 0 Å². The molecule has 0 radical (unpaired) electrons. The van der Waals surface area contributed by atoms with Crippen LogP contribution in [0.4, 0.5) is 0 Å². The number of hydrogen-bond acceptors (Lipinski definition) is 1. The van der Waals surface area contributed by atoms with Gasteiger partial charge in [-0.15, -0.1) is 0 Å². The SMILES string of the molecule is CCCC1CCC(CN)C(CCc2ccccc2)C1. The van der Waals surface area contributed by atoms with Crippen LogP contribution in [-0.4, -0.2) is 6.54 Å². The highest BCUT2D eigenvalue weighted by Crippen LogP contribution is 2.38. The standard InChI is InChI=1S/C18H29N/c1-2-6-16-10-12-18(14-19)17(13-16)11-9-15-7-4-3-5-8-15/h3-5,7-8,16-18H,2,6,9-14,19H2,1H3. The molecule has 106 valence electrons. The topological polar surface area (TPSA) is 26.0 Å². The van der Waals surface area contributed by atoms with Gasteiger partial charge in [-0.1, -0.05) is 56.5 Å². The minimum atomic E-state index is 0.775. The monoisotopic (exact) mass is 259 g/mol. The Balaban J connectivity index is 1.87. The van der Waals surface area contributed by atoms with Gasteiger partial charge in [-0.25, -0.2) is 0 Å². The van der Waals surface area contributed by atoms with Crippen LogP contribution < -0.4 is 5.73 Å². The van der Waals surface area contributed by atoms with Crippen molar-refractivity contribution in [3.8, 4) is 0 Å². The molecule has 0 bridgehead atoms. The first kappa shape index (κ1) is 14.6. The molecular formula is C18H29N. The minimum Gasteiger partial charge on any atom is -0.330 e. The van der Waals surface area contributed by atoms with Crippen molar-refractivity contribution in [3.63, 3.8) is 0 Å². The summed E-state index contributed by atoms with van der Waals surface area (Å²) in [5.74, 6) is 2.60. The molecule has 1 fully saturated rings. The largest absolute Gasteiger partial charge is 0.330 e. The highest BCUT2D eigenvalue weighted by atomic mass is 14.6. The van der Waals surface area contributed by atoms with Gasteiger partial charge < -0.3 is 5.73 Å². The molecule has 1 aromatic rings. The molecule has 0 heterocycles. The Morgan fingerprint density at radius 2 is 1.84 bits per heavy atom. The van der Waals surface area contributed by atoms with Crippen LogP contribution in [0.1, 0.15) is 51.0 Å². The van der Waals surface area contributed by atoms with Crippen LogP contribution in [0.5, 0.6) is 0 Å². The summed E-state index contributed by atoms with van der Waals surface area (Å²) in [6, 6.07) is 10.9. The van der Waals surface area contributed by atoms with E-state index in [-0.39, 0.29) is 0 Å². The summed E-state index contributed by atoms with van der Waals surface area (Å²) in [5, 5.41) is 0. The molecule has 0 aliphatic heterocycles. The molecule has 0 spiro atoms. The Hall–Kier alpha value is -0.820. The molecule has 3 unspecified atom stereocenters. The maximum Gasteiger partial charge on any atom is -0.00462 e. The molecular weight excluding hydrogens is 230 g/mol. The van der Waals surface area contributed by atoms with Crippen LogP contribution in [0.3, 0.4) is 0 Å². The lowest BCUT2D eigenvalue weighted by atomic mass is 9.71. The molecule has 3 atom stereocenters. The average molecular weight is 259 g/mol. The normalized spacial score (nSPS) is 27.4. The lowest BCUT2D eigenvalue weighted by Crippen LogP contribution is -2.30. The van der Waals surface area contributed by atoms with E-state index in [4.69, 9.17) is 5.73 Å². The third-order valence-corrected chi connectivity index (χ3v) is 4.89. The molecule has 1 heteroatoms. The zero-order valence-corrected chi connectivity index (χ0v) is 12.4. The second-order valence-corrected chi connectivity index (χ2v) is 6.25. The summed E-state index contributed by atoms with van der Waals surface area (Å²) in [6.45, 7) is 3.20. The minimum absolute atomic E-state index is 0.775. The number of aryl methyl sites for hydroxylation is 1. The summed E-state index contributed by atoms with van der Waals surface area (Å²) >= 11 is 0. The van der Waals surface area contributed by atoms with Crippen LogP contribution in [0, 0.1) is 17.8 Å². The van der Waals surface area contributed by atoms with Crippen LogP contribution in [0.25, 0.3) is 0 Å². The molecule has 1 saturated carbocycles. The first-order chi connectivity index (χ1) is 9.33. The zero-order valence-electron chi connectivity index (χ0n) is 12.4. The van der Waals surface area contributed by atoms with Crippen molar-refractivity contribution < 1.29 is 0 Å². The van der Waals surface area contributed by atoms with Crippen molar-refractivity contribution >= 4 is 0 Å². The van der Waals surface area contributed by atoms with E-state index in [2.05, 4.69) is 37.3 Å². The van der Waals surface area contributed by atoms with Crippen molar-refractivity contribution in [2.24, 2.45) is 23.5 Å². The van der Waals surface area contributed by atoms with Gasteiger partial charge >= 0.3 is 0 Å². The molecule has 2 N–H and O–H groups in total. The van der Waals surface area contributed by atoms with E-state index >= 15 is 0 Å². The van der Waals surface area contributed by atoms with E-state index in [0.717, 1.165) is 24.3 Å². The quantitative estimate of drug-likeness (QED) is 0.804. The van der Waals surface area contributed by atoms with Crippen LogP contribution >= 0.6 is 0 Å². The number of rotatable bonds is 6. The van der Waals surface area contributed by atoms with Gasteiger partial charge in [-0.3, -0.25) is 0 Å². The number of benzene rings is 1. The highest BCUT2D eigenvalue weighted by Gasteiger charge is 2.28. The predicted molar refractivity (Wildman–Crippen MR) is 83.0 cm³/mol. The number of hydrogen-bond donors (Lipinski definition) is 1. The van der Waals surface area contributed by atoms with E-state index in [0.29, 0.717) is 0 Å². The lowest BCUT2D eigenvalue weighted by molar-refractivity contribution is 0.167. The van der Waals surface area contributed by atoms with E-state index in [1.807, 2.05) is 0 Å². The van der Waals surface area contributed by atoms with Gasteiger partial charge in [0, 0.05) is 0 Å².